The minimum absolute atomic E-state index is 0.163. The molecule has 23 heavy (non-hydrogen) atoms. The fourth-order valence-electron chi connectivity index (χ4n) is 1.81. The van der Waals surface area contributed by atoms with E-state index in [1.54, 1.807) is 18.3 Å². The van der Waals surface area contributed by atoms with Crippen LogP contribution in [0.2, 0.25) is 5.15 Å². The topological polar surface area (TPSA) is 79.8 Å². The van der Waals surface area contributed by atoms with Crippen LogP contribution in [0.5, 0.6) is 0 Å². The Morgan fingerprint density at radius 3 is 2.87 bits per heavy atom. The van der Waals surface area contributed by atoms with Gasteiger partial charge in [-0.05, 0) is 24.3 Å². The molecule has 0 fully saturated rings. The largest absolute Gasteiger partial charge is 0.324 e. The van der Waals surface area contributed by atoms with Crippen molar-refractivity contribution in [2.75, 3.05) is 10.6 Å². The first-order valence-corrected chi connectivity index (χ1v) is 7.99. The molecule has 0 aliphatic heterocycles. The summed E-state index contributed by atoms with van der Waals surface area (Å²) >= 11 is 7.13. The smallest absolute Gasteiger partial charge is 0.230 e. The summed E-state index contributed by atoms with van der Waals surface area (Å²) < 4.78 is 0. The average molecular weight is 346 g/mol. The van der Waals surface area contributed by atoms with Gasteiger partial charge in [0.15, 0.2) is 5.13 Å². The molecule has 3 aromatic heterocycles. The highest BCUT2D eigenvalue weighted by atomic mass is 35.5. The highest BCUT2D eigenvalue weighted by Gasteiger charge is 2.09. The summed E-state index contributed by atoms with van der Waals surface area (Å²) in [6.45, 7) is 0. The lowest BCUT2D eigenvalue weighted by atomic mass is 10.3. The molecule has 2 N–H and O–H groups in total. The van der Waals surface area contributed by atoms with E-state index in [1.807, 2.05) is 23.6 Å². The Kier molecular flexibility index (Phi) is 4.80. The normalized spacial score (nSPS) is 10.3. The minimum Gasteiger partial charge on any atom is -0.324 e. The average Bonchev–Trinajstić information content (AvgIpc) is 2.97. The molecule has 0 radical (unpaired) electrons. The van der Waals surface area contributed by atoms with E-state index in [0.29, 0.717) is 27.5 Å². The lowest BCUT2D eigenvalue weighted by molar-refractivity contribution is -0.115. The SMILES string of the molecule is O=C(Cc1csc(Nc2ccccn2)n1)Nc1ccc(Cl)nc1. The molecule has 0 aromatic carbocycles. The van der Waals surface area contributed by atoms with E-state index >= 15 is 0 Å². The Morgan fingerprint density at radius 1 is 1.22 bits per heavy atom. The maximum absolute atomic E-state index is 12.0. The van der Waals surface area contributed by atoms with Gasteiger partial charge >= 0.3 is 0 Å². The fourth-order valence-corrected chi connectivity index (χ4v) is 2.64. The number of carbonyl (C=O) groups excluding carboxylic acids is 1. The lowest BCUT2D eigenvalue weighted by Crippen LogP contribution is -2.14. The van der Waals surface area contributed by atoms with Gasteiger partial charge in [-0.3, -0.25) is 4.79 Å². The van der Waals surface area contributed by atoms with Gasteiger partial charge in [-0.25, -0.2) is 15.0 Å². The summed E-state index contributed by atoms with van der Waals surface area (Å²) in [7, 11) is 0. The number of nitrogens with zero attached hydrogens (tertiary/aromatic N) is 3. The predicted octanol–water partition coefficient (Wildman–Crippen LogP) is 3.51. The van der Waals surface area contributed by atoms with Crippen LogP contribution in [0.15, 0.2) is 48.1 Å². The van der Waals surface area contributed by atoms with Crippen LogP contribution in [0.3, 0.4) is 0 Å². The summed E-state index contributed by atoms with van der Waals surface area (Å²) in [6, 6.07) is 8.89. The second-order valence-corrected chi connectivity index (χ2v) is 5.82. The number of halogens is 1. The Balaban J connectivity index is 1.58. The van der Waals surface area contributed by atoms with E-state index in [2.05, 4.69) is 25.6 Å². The van der Waals surface area contributed by atoms with Gasteiger partial charge in [0.1, 0.15) is 11.0 Å². The Labute approximate surface area is 141 Å². The number of rotatable bonds is 5. The van der Waals surface area contributed by atoms with E-state index < -0.39 is 0 Å². The number of thiazole rings is 1. The Bertz CT molecular complexity index is 791. The van der Waals surface area contributed by atoms with Gasteiger partial charge in [0, 0.05) is 11.6 Å². The molecule has 3 heterocycles. The van der Waals surface area contributed by atoms with Gasteiger partial charge in [-0.1, -0.05) is 17.7 Å². The van der Waals surface area contributed by atoms with Crippen molar-refractivity contribution in [3.05, 3.63) is 59.0 Å². The summed E-state index contributed by atoms with van der Waals surface area (Å²) in [6.07, 6.45) is 3.39. The standard InChI is InChI=1S/C15H12ClN5OS/c16-12-5-4-10(8-18-12)19-14(22)7-11-9-23-15(20-11)21-13-3-1-2-6-17-13/h1-6,8-9H,7H2,(H,19,22)(H,17,20,21). The van der Waals surface area contributed by atoms with Crippen molar-refractivity contribution in [1.82, 2.24) is 15.0 Å². The number of hydrogen-bond acceptors (Lipinski definition) is 6. The maximum Gasteiger partial charge on any atom is 0.230 e. The molecule has 0 aliphatic carbocycles. The molecule has 0 spiro atoms. The highest BCUT2D eigenvalue weighted by molar-refractivity contribution is 7.13. The number of hydrogen-bond donors (Lipinski definition) is 2. The molecule has 3 rings (SSSR count). The molecule has 0 aliphatic rings. The van der Waals surface area contributed by atoms with Gasteiger partial charge < -0.3 is 10.6 Å². The minimum atomic E-state index is -0.163. The van der Waals surface area contributed by atoms with Crippen LogP contribution in [0.25, 0.3) is 0 Å². The van der Waals surface area contributed by atoms with Crippen molar-refractivity contribution in [3.63, 3.8) is 0 Å². The van der Waals surface area contributed by atoms with Crippen LogP contribution < -0.4 is 10.6 Å². The Morgan fingerprint density at radius 2 is 2.13 bits per heavy atom. The van der Waals surface area contributed by atoms with Crippen LogP contribution >= 0.6 is 22.9 Å². The molecule has 0 unspecified atom stereocenters. The van der Waals surface area contributed by atoms with E-state index in [4.69, 9.17) is 11.6 Å². The number of pyridine rings is 2. The van der Waals surface area contributed by atoms with E-state index in [0.717, 1.165) is 0 Å². The molecule has 0 saturated heterocycles. The molecule has 6 nitrogen and oxygen atoms in total. The van der Waals surface area contributed by atoms with Gasteiger partial charge in [0.25, 0.3) is 0 Å². The van der Waals surface area contributed by atoms with Gasteiger partial charge in [-0.2, -0.15) is 0 Å². The second-order valence-electron chi connectivity index (χ2n) is 4.58. The van der Waals surface area contributed by atoms with Gasteiger partial charge in [0.05, 0.1) is 24.0 Å². The third-order valence-electron chi connectivity index (χ3n) is 2.80. The molecule has 0 bridgehead atoms. The van der Waals surface area contributed by atoms with E-state index in [9.17, 15) is 4.79 Å². The third-order valence-corrected chi connectivity index (χ3v) is 3.83. The first-order chi connectivity index (χ1) is 11.2. The van der Waals surface area contributed by atoms with Crippen LogP contribution in [0.1, 0.15) is 5.69 Å². The quantitative estimate of drug-likeness (QED) is 0.692. The lowest BCUT2D eigenvalue weighted by Gasteiger charge is -2.03. The summed E-state index contributed by atoms with van der Waals surface area (Å²) in [5, 5.41) is 8.76. The van der Waals surface area contributed by atoms with Crippen molar-refractivity contribution in [2.24, 2.45) is 0 Å². The molecular formula is C15H12ClN5OS. The zero-order chi connectivity index (χ0) is 16.1. The van der Waals surface area contributed by atoms with Crippen LogP contribution in [-0.2, 0) is 11.2 Å². The van der Waals surface area contributed by atoms with E-state index in [-0.39, 0.29) is 12.3 Å². The number of carbonyl (C=O) groups is 1. The molecule has 116 valence electrons. The first kappa shape index (κ1) is 15.4. The zero-order valence-electron chi connectivity index (χ0n) is 11.9. The molecule has 3 aromatic rings. The number of amides is 1. The number of nitrogens with one attached hydrogen (secondary N) is 2. The summed E-state index contributed by atoms with van der Waals surface area (Å²) in [5.74, 6) is 0.550. The van der Waals surface area contributed by atoms with Crippen molar-refractivity contribution in [3.8, 4) is 0 Å². The summed E-state index contributed by atoms with van der Waals surface area (Å²) in [5.41, 5.74) is 1.29. The van der Waals surface area contributed by atoms with E-state index in [1.165, 1.54) is 17.5 Å². The predicted molar refractivity (Wildman–Crippen MR) is 91.2 cm³/mol. The van der Waals surface area contributed by atoms with Crippen molar-refractivity contribution < 1.29 is 4.79 Å². The van der Waals surface area contributed by atoms with Crippen LogP contribution in [-0.4, -0.2) is 20.9 Å². The summed E-state index contributed by atoms with van der Waals surface area (Å²) in [4.78, 5) is 24.4. The monoisotopic (exact) mass is 345 g/mol. The van der Waals surface area contributed by atoms with Crippen molar-refractivity contribution >= 4 is 45.5 Å². The van der Waals surface area contributed by atoms with Crippen molar-refractivity contribution in [1.29, 1.82) is 0 Å². The molecule has 1 amide bonds. The third kappa shape index (κ3) is 4.48. The number of aromatic nitrogens is 3. The second kappa shape index (κ2) is 7.17. The Hall–Kier alpha value is -2.51. The molecule has 8 heteroatoms. The van der Waals surface area contributed by atoms with Gasteiger partial charge in [0.2, 0.25) is 5.91 Å². The zero-order valence-corrected chi connectivity index (χ0v) is 13.4. The maximum atomic E-state index is 12.0. The van der Waals surface area contributed by atoms with Crippen LogP contribution in [0.4, 0.5) is 16.6 Å². The first-order valence-electron chi connectivity index (χ1n) is 6.73. The van der Waals surface area contributed by atoms with Crippen LogP contribution in [0, 0.1) is 0 Å². The molecular weight excluding hydrogens is 334 g/mol. The molecule has 0 saturated carbocycles. The number of anilines is 3. The molecule has 0 atom stereocenters. The van der Waals surface area contributed by atoms with Gasteiger partial charge in [-0.15, -0.1) is 11.3 Å². The fraction of sp³-hybridized carbons (Fsp3) is 0.0667. The highest BCUT2D eigenvalue weighted by Crippen LogP contribution is 2.20. The van der Waals surface area contributed by atoms with Crippen molar-refractivity contribution in [2.45, 2.75) is 6.42 Å².